The molecule has 3 aromatic rings. The lowest BCUT2D eigenvalue weighted by Crippen LogP contribution is -2.35. The highest BCUT2D eigenvalue weighted by atomic mass is 16.4. The Morgan fingerprint density at radius 1 is 1.21 bits per heavy atom. The van der Waals surface area contributed by atoms with E-state index in [1.807, 2.05) is 66.3 Å². The summed E-state index contributed by atoms with van der Waals surface area (Å²) in [7, 11) is 0. The third-order valence-electron chi connectivity index (χ3n) is 4.10. The summed E-state index contributed by atoms with van der Waals surface area (Å²) in [5.41, 5.74) is 4.13. The summed E-state index contributed by atoms with van der Waals surface area (Å²) >= 11 is 0. The molecule has 0 bridgehead atoms. The summed E-state index contributed by atoms with van der Waals surface area (Å²) in [4.78, 5) is 15.6. The molecule has 124 valence electrons. The van der Waals surface area contributed by atoms with E-state index in [1.54, 1.807) is 0 Å². The molecule has 0 saturated heterocycles. The number of fused-ring (bicyclic) bond motifs is 1. The Kier molecular flexibility index (Phi) is 4.91. The molecule has 1 aromatic heterocycles. The summed E-state index contributed by atoms with van der Waals surface area (Å²) in [6, 6.07) is 15.6. The van der Waals surface area contributed by atoms with Crippen LogP contribution in [0.1, 0.15) is 25.3 Å². The third kappa shape index (κ3) is 3.46. The summed E-state index contributed by atoms with van der Waals surface area (Å²) in [6.07, 6.45) is 3.30. The highest BCUT2D eigenvalue weighted by Gasteiger charge is 2.15. The second kappa shape index (κ2) is 7.27. The molecule has 0 aliphatic rings. The fourth-order valence-corrected chi connectivity index (χ4v) is 2.78. The van der Waals surface area contributed by atoms with Gasteiger partial charge < -0.3 is 10.4 Å². The minimum Gasteiger partial charge on any atom is -0.480 e. The molecule has 1 unspecified atom stereocenters. The highest BCUT2D eigenvalue weighted by molar-refractivity contribution is 5.77. The van der Waals surface area contributed by atoms with E-state index in [1.165, 1.54) is 0 Å². The number of nitrogens with zero attached hydrogens (tertiary/aromatic N) is 2. The van der Waals surface area contributed by atoms with Gasteiger partial charge in [-0.25, -0.2) is 4.98 Å². The van der Waals surface area contributed by atoms with Crippen LogP contribution in [-0.2, 0) is 11.3 Å². The number of carbonyl (C=O) groups is 1. The fourth-order valence-electron chi connectivity index (χ4n) is 2.78. The summed E-state index contributed by atoms with van der Waals surface area (Å²) < 4.78 is 2.05. The van der Waals surface area contributed by atoms with Crippen molar-refractivity contribution >= 4 is 17.0 Å². The molecule has 3 rings (SSSR count). The lowest BCUT2D eigenvalue weighted by molar-refractivity contribution is -0.139. The van der Waals surface area contributed by atoms with Crippen LogP contribution in [0, 0.1) is 0 Å². The number of aliphatic carboxylic acids is 1. The fraction of sp³-hybridized carbons (Fsp3) is 0.263. The van der Waals surface area contributed by atoms with Crippen LogP contribution in [-0.4, -0.2) is 26.7 Å². The molecule has 1 atom stereocenters. The van der Waals surface area contributed by atoms with Crippen LogP contribution >= 0.6 is 0 Å². The van der Waals surface area contributed by atoms with E-state index >= 15 is 0 Å². The Labute approximate surface area is 141 Å². The van der Waals surface area contributed by atoms with E-state index in [2.05, 4.69) is 10.3 Å². The SMILES string of the molecule is CCCC(NCc1ccc(-n2cnc3ccccc32)cc1)C(=O)O. The van der Waals surface area contributed by atoms with Crippen molar-refractivity contribution in [1.29, 1.82) is 0 Å². The Morgan fingerprint density at radius 2 is 1.96 bits per heavy atom. The first-order valence-corrected chi connectivity index (χ1v) is 8.16. The van der Waals surface area contributed by atoms with Gasteiger partial charge in [0.25, 0.3) is 0 Å². The van der Waals surface area contributed by atoms with Gasteiger partial charge >= 0.3 is 5.97 Å². The van der Waals surface area contributed by atoms with Gasteiger partial charge in [-0.05, 0) is 36.2 Å². The quantitative estimate of drug-likeness (QED) is 0.699. The molecule has 0 saturated carbocycles. The van der Waals surface area contributed by atoms with Crippen LogP contribution < -0.4 is 5.32 Å². The molecule has 0 aliphatic heterocycles. The molecule has 24 heavy (non-hydrogen) atoms. The summed E-state index contributed by atoms with van der Waals surface area (Å²) in [6.45, 7) is 2.53. The van der Waals surface area contributed by atoms with Crippen molar-refractivity contribution in [3.05, 3.63) is 60.4 Å². The smallest absolute Gasteiger partial charge is 0.320 e. The van der Waals surface area contributed by atoms with Gasteiger partial charge in [-0.2, -0.15) is 0 Å². The maximum absolute atomic E-state index is 11.2. The van der Waals surface area contributed by atoms with Crippen LogP contribution in [0.4, 0.5) is 0 Å². The third-order valence-corrected chi connectivity index (χ3v) is 4.10. The second-order valence-electron chi connectivity index (χ2n) is 5.83. The zero-order valence-corrected chi connectivity index (χ0v) is 13.6. The number of hydrogen-bond acceptors (Lipinski definition) is 3. The van der Waals surface area contributed by atoms with Crippen LogP contribution in [0.3, 0.4) is 0 Å². The van der Waals surface area contributed by atoms with Gasteiger partial charge in [0, 0.05) is 12.2 Å². The molecule has 1 heterocycles. The number of benzene rings is 2. The summed E-state index contributed by atoms with van der Waals surface area (Å²) in [5, 5.41) is 12.3. The van der Waals surface area contributed by atoms with Crippen LogP contribution in [0.25, 0.3) is 16.7 Å². The van der Waals surface area contributed by atoms with Crippen molar-refractivity contribution in [1.82, 2.24) is 14.9 Å². The Balaban J connectivity index is 1.73. The number of carboxylic acids is 1. The van der Waals surface area contributed by atoms with Gasteiger partial charge in [-0.1, -0.05) is 37.6 Å². The predicted molar refractivity (Wildman–Crippen MR) is 94.2 cm³/mol. The highest BCUT2D eigenvalue weighted by Crippen LogP contribution is 2.18. The standard InChI is InChI=1S/C19H21N3O2/c1-2-5-17(19(23)24)20-12-14-8-10-15(11-9-14)22-13-21-16-6-3-4-7-18(16)22/h3-4,6-11,13,17,20H,2,5,12H2,1H3,(H,23,24). The van der Waals surface area contributed by atoms with Crippen molar-refractivity contribution in [2.45, 2.75) is 32.4 Å². The van der Waals surface area contributed by atoms with Gasteiger partial charge in [0.1, 0.15) is 12.4 Å². The van der Waals surface area contributed by atoms with E-state index in [0.29, 0.717) is 13.0 Å². The van der Waals surface area contributed by atoms with Crippen LogP contribution in [0.2, 0.25) is 0 Å². The van der Waals surface area contributed by atoms with Gasteiger partial charge in [-0.15, -0.1) is 0 Å². The zero-order chi connectivity index (χ0) is 16.9. The largest absolute Gasteiger partial charge is 0.480 e. The molecule has 5 heteroatoms. The first-order chi connectivity index (χ1) is 11.7. The van der Waals surface area contributed by atoms with E-state index < -0.39 is 12.0 Å². The van der Waals surface area contributed by atoms with Crippen molar-refractivity contribution in [2.75, 3.05) is 0 Å². The molecule has 0 amide bonds. The average molecular weight is 323 g/mol. The van der Waals surface area contributed by atoms with E-state index in [-0.39, 0.29) is 0 Å². The lowest BCUT2D eigenvalue weighted by atomic mass is 10.1. The number of rotatable bonds is 7. The van der Waals surface area contributed by atoms with Crippen molar-refractivity contribution in [3.8, 4) is 5.69 Å². The molecule has 2 N–H and O–H groups in total. The Hall–Kier alpha value is -2.66. The molecule has 0 radical (unpaired) electrons. The molecular weight excluding hydrogens is 302 g/mol. The number of aromatic nitrogens is 2. The van der Waals surface area contributed by atoms with Crippen molar-refractivity contribution < 1.29 is 9.90 Å². The van der Waals surface area contributed by atoms with E-state index in [4.69, 9.17) is 0 Å². The van der Waals surface area contributed by atoms with Gasteiger partial charge in [0.05, 0.1) is 11.0 Å². The van der Waals surface area contributed by atoms with Crippen LogP contribution in [0.15, 0.2) is 54.9 Å². The predicted octanol–water partition coefficient (Wildman–Crippen LogP) is 3.37. The van der Waals surface area contributed by atoms with Crippen molar-refractivity contribution in [3.63, 3.8) is 0 Å². The normalized spacial score (nSPS) is 12.4. The van der Waals surface area contributed by atoms with Crippen LogP contribution in [0.5, 0.6) is 0 Å². The Bertz CT molecular complexity index is 824. The molecule has 2 aromatic carbocycles. The zero-order valence-electron chi connectivity index (χ0n) is 13.6. The van der Waals surface area contributed by atoms with Gasteiger partial charge in [-0.3, -0.25) is 9.36 Å². The molecular formula is C19H21N3O2. The monoisotopic (exact) mass is 323 g/mol. The first-order valence-electron chi connectivity index (χ1n) is 8.16. The lowest BCUT2D eigenvalue weighted by Gasteiger charge is -2.13. The molecule has 5 nitrogen and oxygen atoms in total. The molecule has 0 fully saturated rings. The number of nitrogens with one attached hydrogen (secondary N) is 1. The van der Waals surface area contributed by atoms with Gasteiger partial charge in [0.2, 0.25) is 0 Å². The van der Waals surface area contributed by atoms with E-state index in [0.717, 1.165) is 28.7 Å². The summed E-state index contributed by atoms with van der Waals surface area (Å²) in [5.74, 6) is -0.793. The topological polar surface area (TPSA) is 67.2 Å². The average Bonchev–Trinajstić information content (AvgIpc) is 3.03. The molecule has 0 aliphatic carbocycles. The Morgan fingerprint density at radius 3 is 2.67 bits per heavy atom. The number of carboxylic acid groups (broad SMARTS) is 1. The maximum Gasteiger partial charge on any atom is 0.320 e. The van der Waals surface area contributed by atoms with Crippen molar-refractivity contribution in [2.24, 2.45) is 0 Å². The maximum atomic E-state index is 11.2. The number of para-hydroxylation sites is 2. The first kappa shape index (κ1) is 16.2. The molecule has 0 spiro atoms. The van der Waals surface area contributed by atoms with E-state index in [9.17, 15) is 9.90 Å². The minimum atomic E-state index is -0.793. The minimum absolute atomic E-state index is 0.493. The second-order valence-corrected chi connectivity index (χ2v) is 5.83. The number of hydrogen-bond donors (Lipinski definition) is 2. The van der Waals surface area contributed by atoms with Gasteiger partial charge in [0.15, 0.2) is 0 Å². The number of imidazole rings is 1.